The van der Waals surface area contributed by atoms with Crippen LogP contribution in [0.25, 0.3) is 0 Å². The highest BCUT2D eigenvalue weighted by molar-refractivity contribution is 6.30. The first-order valence-corrected chi connectivity index (χ1v) is 6.46. The van der Waals surface area contributed by atoms with Crippen molar-refractivity contribution in [1.29, 1.82) is 0 Å². The molecule has 0 aliphatic rings. The molecule has 2 nitrogen and oxygen atoms in total. The van der Waals surface area contributed by atoms with E-state index in [2.05, 4.69) is 30.2 Å². The van der Waals surface area contributed by atoms with E-state index in [1.165, 1.54) is 11.1 Å². The maximum atomic E-state index is 6.01. The first-order chi connectivity index (χ1) is 8.66. The predicted molar refractivity (Wildman–Crippen MR) is 75.7 cm³/mol. The van der Waals surface area contributed by atoms with Gasteiger partial charge in [-0.1, -0.05) is 23.7 Å². The Morgan fingerprint density at radius 3 is 2.33 bits per heavy atom. The van der Waals surface area contributed by atoms with Crippen LogP contribution >= 0.6 is 11.6 Å². The Hall–Kier alpha value is -1.38. The molecule has 0 saturated carbocycles. The monoisotopic (exact) mass is 260 g/mol. The van der Waals surface area contributed by atoms with Crippen molar-refractivity contribution >= 4 is 11.6 Å². The molecule has 1 aromatic carbocycles. The highest BCUT2D eigenvalue weighted by Gasteiger charge is 2.10. The Balaban J connectivity index is 2.05. The van der Waals surface area contributed by atoms with Crippen LogP contribution in [0.15, 0.2) is 48.8 Å². The van der Waals surface area contributed by atoms with Crippen molar-refractivity contribution in [2.75, 3.05) is 0 Å². The third kappa shape index (κ3) is 3.31. The van der Waals surface area contributed by atoms with Gasteiger partial charge >= 0.3 is 0 Å². The number of halogens is 1. The van der Waals surface area contributed by atoms with Gasteiger partial charge in [-0.05, 0) is 49.2 Å². The summed E-state index contributed by atoms with van der Waals surface area (Å²) in [7, 11) is 0. The summed E-state index contributed by atoms with van der Waals surface area (Å²) in [5.74, 6) is 0. The lowest BCUT2D eigenvalue weighted by atomic mass is 10.1. The highest BCUT2D eigenvalue weighted by atomic mass is 35.5. The van der Waals surface area contributed by atoms with E-state index < -0.39 is 0 Å². The molecular weight excluding hydrogens is 244 g/mol. The number of benzene rings is 1. The van der Waals surface area contributed by atoms with Crippen LogP contribution in [0.4, 0.5) is 0 Å². The molecule has 0 amide bonds. The second kappa shape index (κ2) is 5.98. The van der Waals surface area contributed by atoms with E-state index in [1.807, 2.05) is 42.7 Å². The average molecular weight is 261 g/mol. The first kappa shape index (κ1) is 13.1. The lowest BCUT2D eigenvalue weighted by Gasteiger charge is -2.20. The summed E-state index contributed by atoms with van der Waals surface area (Å²) in [6.45, 7) is 4.29. The minimum Gasteiger partial charge on any atom is -0.304 e. The minimum absolute atomic E-state index is 0.256. The lowest BCUT2D eigenvalue weighted by Crippen LogP contribution is -2.22. The molecule has 1 heterocycles. The van der Waals surface area contributed by atoms with E-state index >= 15 is 0 Å². The van der Waals surface area contributed by atoms with Crippen molar-refractivity contribution in [1.82, 2.24) is 10.3 Å². The molecule has 3 heteroatoms. The zero-order chi connectivity index (χ0) is 13.0. The summed E-state index contributed by atoms with van der Waals surface area (Å²) in [5.41, 5.74) is 2.43. The molecule has 1 N–H and O–H groups in total. The molecule has 0 aliphatic carbocycles. The van der Waals surface area contributed by atoms with E-state index in [1.54, 1.807) is 0 Å². The van der Waals surface area contributed by atoms with Crippen molar-refractivity contribution in [3.8, 4) is 0 Å². The number of aromatic nitrogens is 1. The molecule has 0 aliphatic heterocycles. The number of nitrogens with one attached hydrogen (secondary N) is 1. The standard InChI is InChI=1S/C15H17ClN2/c1-11(13-6-8-17-9-7-13)18-12(2)14-4-3-5-15(16)10-14/h3-12,18H,1-2H3/t11?,12-/m1/s1. The molecule has 1 unspecified atom stereocenters. The molecular formula is C15H17ClN2. The lowest BCUT2D eigenvalue weighted by molar-refractivity contribution is 0.494. The predicted octanol–water partition coefficient (Wildman–Crippen LogP) is 4.15. The summed E-state index contributed by atoms with van der Waals surface area (Å²) < 4.78 is 0. The van der Waals surface area contributed by atoms with Gasteiger partial charge < -0.3 is 5.32 Å². The van der Waals surface area contributed by atoms with E-state index in [0.29, 0.717) is 0 Å². The van der Waals surface area contributed by atoms with Crippen molar-refractivity contribution in [2.24, 2.45) is 0 Å². The zero-order valence-corrected chi connectivity index (χ0v) is 11.4. The van der Waals surface area contributed by atoms with Gasteiger partial charge in [0.15, 0.2) is 0 Å². The van der Waals surface area contributed by atoms with E-state index in [-0.39, 0.29) is 12.1 Å². The molecule has 2 aromatic rings. The maximum absolute atomic E-state index is 6.01. The molecule has 0 saturated heterocycles. The Morgan fingerprint density at radius 1 is 1.00 bits per heavy atom. The number of nitrogens with zero attached hydrogens (tertiary/aromatic N) is 1. The highest BCUT2D eigenvalue weighted by Crippen LogP contribution is 2.21. The summed E-state index contributed by atoms with van der Waals surface area (Å²) in [6, 6.07) is 12.6. The van der Waals surface area contributed by atoms with Crippen LogP contribution in [-0.2, 0) is 0 Å². The molecule has 94 valence electrons. The largest absolute Gasteiger partial charge is 0.304 e. The molecule has 18 heavy (non-hydrogen) atoms. The molecule has 2 rings (SSSR count). The van der Waals surface area contributed by atoms with Gasteiger partial charge in [0.1, 0.15) is 0 Å². The number of hydrogen-bond acceptors (Lipinski definition) is 2. The Bertz CT molecular complexity index is 499. The van der Waals surface area contributed by atoms with Gasteiger partial charge in [-0.15, -0.1) is 0 Å². The topological polar surface area (TPSA) is 24.9 Å². The molecule has 0 fully saturated rings. The van der Waals surface area contributed by atoms with Crippen LogP contribution in [-0.4, -0.2) is 4.98 Å². The minimum atomic E-state index is 0.256. The van der Waals surface area contributed by atoms with E-state index in [0.717, 1.165) is 5.02 Å². The Labute approximate surface area is 113 Å². The fourth-order valence-electron chi connectivity index (χ4n) is 2.00. The third-order valence-corrected chi connectivity index (χ3v) is 3.29. The zero-order valence-electron chi connectivity index (χ0n) is 10.6. The summed E-state index contributed by atoms with van der Waals surface area (Å²) in [6.07, 6.45) is 3.63. The summed E-state index contributed by atoms with van der Waals surface area (Å²) in [4.78, 5) is 4.03. The van der Waals surface area contributed by atoms with Gasteiger partial charge in [-0.25, -0.2) is 0 Å². The van der Waals surface area contributed by atoms with Crippen LogP contribution in [0.5, 0.6) is 0 Å². The van der Waals surface area contributed by atoms with Crippen molar-refractivity contribution in [3.05, 3.63) is 64.9 Å². The van der Waals surface area contributed by atoms with Crippen molar-refractivity contribution in [2.45, 2.75) is 25.9 Å². The average Bonchev–Trinajstić information content (AvgIpc) is 2.39. The second-order valence-electron chi connectivity index (χ2n) is 4.45. The first-order valence-electron chi connectivity index (χ1n) is 6.08. The second-order valence-corrected chi connectivity index (χ2v) is 4.88. The Kier molecular flexibility index (Phi) is 4.34. The summed E-state index contributed by atoms with van der Waals surface area (Å²) in [5, 5.41) is 4.33. The normalized spacial score (nSPS) is 14.2. The smallest absolute Gasteiger partial charge is 0.0409 e. The van der Waals surface area contributed by atoms with Crippen molar-refractivity contribution < 1.29 is 0 Å². The number of rotatable bonds is 4. The van der Waals surface area contributed by atoms with Gasteiger partial charge in [-0.2, -0.15) is 0 Å². The van der Waals surface area contributed by atoms with Crippen LogP contribution in [0, 0.1) is 0 Å². The third-order valence-electron chi connectivity index (χ3n) is 3.05. The van der Waals surface area contributed by atoms with E-state index in [4.69, 9.17) is 11.6 Å². The van der Waals surface area contributed by atoms with Gasteiger partial charge in [0.25, 0.3) is 0 Å². The van der Waals surface area contributed by atoms with Crippen LogP contribution in [0.3, 0.4) is 0 Å². The fraction of sp³-hybridized carbons (Fsp3) is 0.267. The number of hydrogen-bond donors (Lipinski definition) is 1. The van der Waals surface area contributed by atoms with E-state index in [9.17, 15) is 0 Å². The molecule has 0 spiro atoms. The van der Waals surface area contributed by atoms with Gasteiger partial charge in [-0.3, -0.25) is 4.98 Å². The molecule has 1 aromatic heterocycles. The molecule has 2 atom stereocenters. The SMILES string of the molecule is CC(N[C@H](C)c1cccc(Cl)c1)c1ccncc1. The summed E-state index contributed by atoms with van der Waals surface area (Å²) >= 11 is 6.01. The fourth-order valence-corrected chi connectivity index (χ4v) is 2.19. The van der Waals surface area contributed by atoms with Crippen LogP contribution < -0.4 is 5.32 Å². The van der Waals surface area contributed by atoms with Gasteiger partial charge in [0, 0.05) is 29.5 Å². The van der Waals surface area contributed by atoms with Gasteiger partial charge in [0.2, 0.25) is 0 Å². The van der Waals surface area contributed by atoms with Crippen LogP contribution in [0.2, 0.25) is 5.02 Å². The Morgan fingerprint density at radius 2 is 1.67 bits per heavy atom. The maximum Gasteiger partial charge on any atom is 0.0409 e. The quantitative estimate of drug-likeness (QED) is 0.893. The van der Waals surface area contributed by atoms with Crippen molar-refractivity contribution in [3.63, 3.8) is 0 Å². The molecule has 0 radical (unpaired) electrons. The van der Waals surface area contributed by atoms with Crippen LogP contribution in [0.1, 0.15) is 37.1 Å². The van der Waals surface area contributed by atoms with Gasteiger partial charge in [0.05, 0.1) is 0 Å². The molecule has 0 bridgehead atoms. The number of pyridine rings is 1.